The molecule has 0 radical (unpaired) electrons. The zero-order chi connectivity index (χ0) is 15.9. The van der Waals surface area contributed by atoms with Gasteiger partial charge in [0.05, 0.1) is 12.6 Å². The van der Waals surface area contributed by atoms with E-state index in [1.54, 1.807) is 0 Å². The normalized spacial score (nSPS) is 22.2. The molecule has 1 atom stereocenters. The van der Waals surface area contributed by atoms with Gasteiger partial charge >= 0.3 is 0 Å². The summed E-state index contributed by atoms with van der Waals surface area (Å²) in [6.45, 7) is 3.09. The Bertz CT molecular complexity index is 487. The first kappa shape index (κ1) is 16.3. The minimum atomic E-state index is 0.352. The summed E-state index contributed by atoms with van der Waals surface area (Å²) in [6.07, 6.45) is 9.03. The molecule has 1 heterocycles. The van der Waals surface area contributed by atoms with Crippen molar-refractivity contribution >= 4 is 5.96 Å². The lowest BCUT2D eigenvalue weighted by atomic mass is 9.96. The number of aliphatic imine (C=N–C) groups is 1. The van der Waals surface area contributed by atoms with Gasteiger partial charge in [-0.1, -0.05) is 49.6 Å². The Morgan fingerprint density at radius 3 is 2.48 bits per heavy atom. The summed E-state index contributed by atoms with van der Waals surface area (Å²) in [7, 11) is 0. The Hall–Kier alpha value is -1.55. The van der Waals surface area contributed by atoms with Crippen LogP contribution in [0.5, 0.6) is 0 Å². The van der Waals surface area contributed by atoms with Crippen LogP contribution in [0.25, 0.3) is 0 Å². The van der Waals surface area contributed by atoms with Crippen molar-refractivity contribution in [3.63, 3.8) is 0 Å². The van der Waals surface area contributed by atoms with E-state index in [0.29, 0.717) is 18.0 Å². The highest BCUT2D eigenvalue weighted by Crippen LogP contribution is 2.25. The predicted molar refractivity (Wildman–Crippen MR) is 96.5 cm³/mol. The molecule has 0 aromatic heterocycles. The first-order chi connectivity index (χ1) is 11.3. The highest BCUT2D eigenvalue weighted by Gasteiger charge is 2.23. The molecule has 0 spiro atoms. The Morgan fingerprint density at radius 2 is 1.78 bits per heavy atom. The van der Waals surface area contributed by atoms with Crippen molar-refractivity contribution in [1.29, 1.82) is 0 Å². The van der Waals surface area contributed by atoms with Gasteiger partial charge in [0.2, 0.25) is 0 Å². The summed E-state index contributed by atoms with van der Waals surface area (Å²) < 4.78 is 0. The molecule has 4 nitrogen and oxygen atoms in total. The van der Waals surface area contributed by atoms with Crippen molar-refractivity contribution in [2.75, 3.05) is 19.6 Å². The molecule has 1 aliphatic heterocycles. The van der Waals surface area contributed by atoms with E-state index in [4.69, 9.17) is 5.73 Å². The van der Waals surface area contributed by atoms with Crippen LogP contribution in [0.3, 0.4) is 0 Å². The molecular formula is C19H30N4. The van der Waals surface area contributed by atoms with Crippen LogP contribution in [-0.2, 0) is 0 Å². The first-order valence-electron chi connectivity index (χ1n) is 9.18. The molecular weight excluding hydrogens is 284 g/mol. The van der Waals surface area contributed by atoms with Crippen LogP contribution in [0.1, 0.15) is 56.6 Å². The zero-order valence-corrected chi connectivity index (χ0v) is 14.1. The van der Waals surface area contributed by atoms with E-state index in [2.05, 4.69) is 45.5 Å². The van der Waals surface area contributed by atoms with Crippen molar-refractivity contribution in [3.05, 3.63) is 35.9 Å². The number of rotatable bonds is 5. The second-order valence-electron chi connectivity index (χ2n) is 6.87. The molecule has 1 aromatic carbocycles. The van der Waals surface area contributed by atoms with E-state index in [-0.39, 0.29) is 0 Å². The number of nitrogens with one attached hydrogen (secondary N) is 1. The van der Waals surface area contributed by atoms with Gasteiger partial charge in [0.1, 0.15) is 0 Å². The second kappa shape index (κ2) is 8.34. The van der Waals surface area contributed by atoms with E-state index in [1.165, 1.54) is 63.6 Å². The third-order valence-corrected chi connectivity index (χ3v) is 5.16. The van der Waals surface area contributed by atoms with Crippen LogP contribution in [0, 0.1) is 0 Å². The molecule has 1 aliphatic carbocycles. The summed E-state index contributed by atoms with van der Waals surface area (Å²) in [6, 6.07) is 11.6. The van der Waals surface area contributed by atoms with Crippen molar-refractivity contribution in [2.45, 2.75) is 57.0 Å². The van der Waals surface area contributed by atoms with Gasteiger partial charge in [0.15, 0.2) is 5.96 Å². The fourth-order valence-electron chi connectivity index (χ4n) is 3.85. The summed E-state index contributed by atoms with van der Waals surface area (Å²) in [5.41, 5.74) is 7.50. The van der Waals surface area contributed by atoms with Gasteiger partial charge in [-0.25, -0.2) is 0 Å². The summed E-state index contributed by atoms with van der Waals surface area (Å²) in [4.78, 5) is 7.23. The average molecular weight is 314 g/mol. The Kier molecular flexibility index (Phi) is 5.92. The van der Waals surface area contributed by atoms with E-state index in [0.717, 1.165) is 6.54 Å². The topological polar surface area (TPSA) is 53.6 Å². The van der Waals surface area contributed by atoms with Gasteiger partial charge in [0, 0.05) is 6.04 Å². The third-order valence-electron chi connectivity index (χ3n) is 5.16. The molecule has 3 N–H and O–H groups in total. The molecule has 1 aromatic rings. The SMILES string of the molecule is NC(=NCC(c1ccccc1)N1CCCC1)NC1CCCCC1. The van der Waals surface area contributed by atoms with Crippen molar-refractivity contribution in [2.24, 2.45) is 10.7 Å². The number of likely N-dealkylation sites (tertiary alicyclic amines) is 1. The molecule has 23 heavy (non-hydrogen) atoms. The van der Waals surface area contributed by atoms with Crippen LogP contribution < -0.4 is 11.1 Å². The number of hydrogen-bond donors (Lipinski definition) is 2. The van der Waals surface area contributed by atoms with Gasteiger partial charge in [-0.15, -0.1) is 0 Å². The molecule has 126 valence electrons. The predicted octanol–water partition coefficient (Wildman–Crippen LogP) is 3.06. The Labute approximate surface area is 140 Å². The number of guanidine groups is 1. The minimum Gasteiger partial charge on any atom is -0.370 e. The largest absolute Gasteiger partial charge is 0.370 e. The van der Waals surface area contributed by atoms with Crippen molar-refractivity contribution in [1.82, 2.24) is 10.2 Å². The third kappa shape index (κ3) is 4.71. The molecule has 2 fully saturated rings. The molecule has 0 amide bonds. The maximum absolute atomic E-state index is 6.15. The van der Waals surface area contributed by atoms with Gasteiger partial charge < -0.3 is 11.1 Å². The Morgan fingerprint density at radius 1 is 1.09 bits per heavy atom. The van der Waals surface area contributed by atoms with E-state index >= 15 is 0 Å². The van der Waals surface area contributed by atoms with E-state index in [1.807, 2.05) is 0 Å². The quantitative estimate of drug-likeness (QED) is 0.649. The minimum absolute atomic E-state index is 0.352. The lowest BCUT2D eigenvalue weighted by Gasteiger charge is -2.27. The maximum atomic E-state index is 6.15. The second-order valence-corrected chi connectivity index (χ2v) is 6.87. The smallest absolute Gasteiger partial charge is 0.188 e. The first-order valence-corrected chi connectivity index (χ1v) is 9.18. The standard InChI is InChI=1S/C19H30N4/c20-19(22-17-11-5-2-6-12-17)21-15-18(23-13-7-8-14-23)16-9-3-1-4-10-16/h1,3-4,9-10,17-18H,2,5-8,11-15H2,(H3,20,21,22). The summed E-state index contributed by atoms with van der Waals surface area (Å²) >= 11 is 0. The molecule has 4 heteroatoms. The lowest BCUT2D eigenvalue weighted by Crippen LogP contribution is -2.41. The average Bonchev–Trinajstić information content (AvgIpc) is 3.11. The fraction of sp³-hybridized carbons (Fsp3) is 0.632. The van der Waals surface area contributed by atoms with Crippen LogP contribution in [0.15, 0.2) is 35.3 Å². The number of hydrogen-bond acceptors (Lipinski definition) is 2. The van der Waals surface area contributed by atoms with Crippen LogP contribution in [-0.4, -0.2) is 36.5 Å². The Balaban J connectivity index is 1.62. The number of nitrogens with two attached hydrogens (primary N) is 1. The van der Waals surface area contributed by atoms with Crippen molar-refractivity contribution in [3.8, 4) is 0 Å². The van der Waals surface area contributed by atoms with E-state index in [9.17, 15) is 0 Å². The van der Waals surface area contributed by atoms with Gasteiger partial charge in [-0.2, -0.15) is 0 Å². The summed E-state index contributed by atoms with van der Waals surface area (Å²) in [5, 5.41) is 3.43. The molecule has 1 saturated heterocycles. The molecule has 0 bridgehead atoms. The van der Waals surface area contributed by atoms with E-state index < -0.39 is 0 Å². The molecule has 2 aliphatic rings. The lowest BCUT2D eigenvalue weighted by molar-refractivity contribution is 0.251. The summed E-state index contributed by atoms with van der Waals surface area (Å²) in [5.74, 6) is 0.622. The number of nitrogens with zero attached hydrogens (tertiary/aromatic N) is 2. The maximum Gasteiger partial charge on any atom is 0.188 e. The highest BCUT2D eigenvalue weighted by molar-refractivity contribution is 5.78. The van der Waals surface area contributed by atoms with Gasteiger partial charge in [-0.05, 0) is 44.3 Å². The zero-order valence-electron chi connectivity index (χ0n) is 14.1. The van der Waals surface area contributed by atoms with Gasteiger partial charge in [0.25, 0.3) is 0 Å². The van der Waals surface area contributed by atoms with Crippen LogP contribution in [0.4, 0.5) is 0 Å². The monoisotopic (exact) mass is 314 g/mol. The number of benzene rings is 1. The molecule has 3 rings (SSSR count). The van der Waals surface area contributed by atoms with Crippen molar-refractivity contribution < 1.29 is 0 Å². The van der Waals surface area contributed by atoms with Gasteiger partial charge in [-0.3, -0.25) is 9.89 Å². The molecule has 1 saturated carbocycles. The molecule has 1 unspecified atom stereocenters. The highest BCUT2D eigenvalue weighted by atomic mass is 15.2. The fourth-order valence-corrected chi connectivity index (χ4v) is 3.85. The van der Waals surface area contributed by atoms with Crippen LogP contribution in [0.2, 0.25) is 0 Å². The van der Waals surface area contributed by atoms with Crippen LogP contribution >= 0.6 is 0 Å².